The molecule has 15 heavy (non-hydrogen) atoms. The van der Waals surface area contributed by atoms with Gasteiger partial charge in [-0.1, -0.05) is 12.1 Å². The summed E-state index contributed by atoms with van der Waals surface area (Å²) in [7, 11) is 0. The third kappa shape index (κ3) is 1.62. The van der Waals surface area contributed by atoms with Crippen molar-refractivity contribution in [3.63, 3.8) is 0 Å². The Bertz CT molecular complexity index is 474. The largest absolute Gasteiger partial charge is 0.324 e. The quantitative estimate of drug-likeness (QED) is 0.849. The number of hydrogen-bond acceptors (Lipinski definition) is 2. The predicted molar refractivity (Wildman–Crippen MR) is 63.1 cm³/mol. The van der Waals surface area contributed by atoms with Crippen LogP contribution in [0.5, 0.6) is 0 Å². The molecule has 1 aromatic carbocycles. The highest BCUT2D eigenvalue weighted by molar-refractivity contribution is 5.85. The van der Waals surface area contributed by atoms with Crippen LogP contribution >= 0.6 is 12.4 Å². The number of halogens is 1. The molecule has 0 atom stereocenters. The van der Waals surface area contributed by atoms with Crippen molar-refractivity contribution < 1.29 is 0 Å². The first kappa shape index (κ1) is 10.5. The zero-order valence-corrected chi connectivity index (χ0v) is 9.20. The van der Waals surface area contributed by atoms with Crippen LogP contribution in [0, 0.1) is 0 Å². The lowest BCUT2D eigenvalue weighted by Crippen LogP contribution is -2.06. The van der Waals surface area contributed by atoms with Crippen molar-refractivity contribution in [2.75, 3.05) is 0 Å². The lowest BCUT2D eigenvalue weighted by Gasteiger charge is -2.04. The van der Waals surface area contributed by atoms with Gasteiger partial charge >= 0.3 is 0 Å². The van der Waals surface area contributed by atoms with E-state index in [0.717, 1.165) is 11.3 Å². The van der Waals surface area contributed by atoms with Crippen LogP contribution in [-0.4, -0.2) is 9.55 Å². The topological polar surface area (TPSA) is 43.8 Å². The Morgan fingerprint density at radius 3 is 2.73 bits per heavy atom. The Morgan fingerprint density at radius 1 is 1.33 bits per heavy atom. The summed E-state index contributed by atoms with van der Waals surface area (Å²) in [5.74, 6) is 1.02. The number of benzene rings is 1. The highest BCUT2D eigenvalue weighted by atomic mass is 35.5. The normalized spacial score (nSPS) is 15.3. The van der Waals surface area contributed by atoms with Crippen molar-refractivity contribution in [3.05, 3.63) is 30.1 Å². The Balaban J connectivity index is 0.000000853. The number of nitrogens with two attached hydrogens (primary N) is 1. The van der Waals surface area contributed by atoms with Crippen LogP contribution in [0.4, 0.5) is 0 Å². The maximum Gasteiger partial charge on any atom is 0.123 e. The van der Waals surface area contributed by atoms with E-state index in [2.05, 4.69) is 21.7 Å². The summed E-state index contributed by atoms with van der Waals surface area (Å²) in [6.45, 7) is 0.533. The minimum Gasteiger partial charge on any atom is -0.324 e. The number of fused-ring (bicyclic) bond motifs is 1. The Kier molecular flexibility index (Phi) is 2.67. The van der Waals surface area contributed by atoms with Crippen molar-refractivity contribution in [3.8, 4) is 0 Å². The molecule has 1 aliphatic carbocycles. The molecule has 4 heteroatoms. The third-order valence-corrected chi connectivity index (χ3v) is 2.76. The first-order valence-electron chi connectivity index (χ1n) is 5.06. The van der Waals surface area contributed by atoms with Crippen molar-refractivity contribution >= 4 is 23.4 Å². The molecular formula is C11H14ClN3. The predicted octanol–water partition coefficient (Wildman–Crippen LogP) is 2.25. The summed E-state index contributed by atoms with van der Waals surface area (Å²) in [5, 5.41) is 0. The molecule has 80 valence electrons. The highest BCUT2D eigenvalue weighted by Crippen LogP contribution is 2.38. The lowest BCUT2D eigenvalue weighted by atomic mass is 10.3. The summed E-state index contributed by atoms with van der Waals surface area (Å²) in [4.78, 5) is 4.53. The Morgan fingerprint density at radius 2 is 2.07 bits per heavy atom. The van der Waals surface area contributed by atoms with Gasteiger partial charge in [-0.25, -0.2) is 4.98 Å². The molecular weight excluding hydrogens is 210 g/mol. The summed E-state index contributed by atoms with van der Waals surface area (Å²) >= 11 is 0. The average Bonchev–Trinajstić information content (AvgIpc) is 2.98. The first-order valence-corrected chi connectivity index (χ1v) is 5.06. The average molecular weight is 224 g/mol. The molecule has 0 saturated heterocycles. The van der Waals surface area contributed by atoms with Crippen LogP contribution in [0.25, 0.3) is 11.0 Å². The van der Waals surface area contributed by atoms with Crippen molar-refractivity contribution in [2.24, 2.45) is 5.73 Å². The summed E-state index contributed by atoms with van der Waals surface area (Å²) in [5.41, 5.74) is 8.00. The molecule has 2 N–H and O–H groups in total. The van der Waals surface area contributed by atoms with Crippen LogP contribution < -0.4 is 5.73 Å². The molecule has 1 aromatic heterocycles. The van der Waals surface area contributed by atoms with E-state index in [9.17, 15) is 0 Å². The third-order valence-electron chi connectivity index (χ3n) is 2.76. The molecule has 1 fully saturated rings. The van der Waals surface area contributed by atoms with Gasteiger partial charge in [0.1, 0.15) is 5.82 Å². The summed E-state index contributed by atoms with van der Waals surface area (Å²) < 4.78 is 2.30. The SMILES string of the molecule is Cl.NCc1nc2ccccc2n1C1CC1. The standard InChI is InChI=1S/C11H13N3.ClH/c12-7-11-13-9-3-1-2-4-10(9)14(11)8-5-6-8;/h1-4,8H,5-7,12H2;1H. The lowest BCUT2D eigenvalue weighted by molar-refractivity contribution is 0.701. The van der Waals surface area contributed by atoms with E-state index < -0.39 is 0 Å². The van der Waals surface area contributed by atoms with Crippen molar-refractivity contribution in [1.29, 1.82) is 0 Å². The van der Waals surface area contributed by atoms with Gasteiger partial charge in [0.05, 0.1) is 17.6 Å². The van der Waals surface area contributed by atoms with E-state index in [-0.39, 0.29) is 12.4 Å². The van der Waals surface area contributed by atoms with E-state index in [1.807, 2.05) is 12.1 Å². The van der Waals surface area contributed by atoms with Gasteiger partial charge in [0, 0.05) is 6.04 Å². The van der Waals surface area contributed by atoms with E-state index in [0.29, 0.717) is 12.6 Å². The number of imidazole rings is 1. The zero-order chi connectivity index (χ0) is 9.54. The molecule has 0 unspecified atom stereocenters. The maximum atomic E-state index is 5.70. The van der Waals surface area contributed by atoms with E-state index in [1.165, 1.54) is 18.4 Å². The van der Waals surface area contributed by atoms with Crippen LogP contribution in [0.1, 0.15) is 24.7 Å². The minimum atomic E-state index is 0. The molecule has 0 radical (unpaired) electrons. The monoisotopic (exact) mass is 223 g/mol. The van der Waals surface area contributed by atoms with E-state index in [4.69, 9.17) is 5.73 Å². The zero-order valence-electron chi connectivity index (χ0n) is 8.39. The van der Waals surface area contributed by atoms with Crippen molar-refractivity contribution in [2.45, 2.75) is 25.4 Å². The fourth-order valence-electron chi connectivity index (χ4n) is 1.98. The fourth-order valence-corrected chi connectivity index (χ4v) is 1.98. The second-order valence-electron chi connectivity index (χ2n) is 3.82. The number of hydrogen-bond donors (Lipinski definition) is 1. The van der Waals surface area contributed by atoms with Gasteiger partial charge < -0.3 is 10.3 Å². The number of nitrogens with zero attached hydrogens (tertiary/aromatic N) is 2. The molecule has 1 saturated carbocycles. The molecule has 1 aliphatic rings. The smallest absolute Gasteiger partial charge is 0.123 e. The van der Waals surface area contributed by atoms with Gasteiger partial charge in [-0.2, -0.15) is 0 Å². The van der Waals surface area contributed by atoms with Crippen LogP contribution in [0.2, 0.25) is 0 Å². The molecule has 3 nitrogen and oxygen atoms in total. The molecule has 1 heterocycles. The number of para-hydroxylation sites is 2. The van der Waals surface area contributed by atoms with Gasteiger partial charge in [-0.15, -0.1) is 12.4 Å². The maximum absolute atomic E-state index is 5.70. The van der Waals surface area contributed by atoms with Gasteiger partial charge in [0.2, 0.25) is 0 Å². The second kappa shape index (κ2) is 3.83. The number of aromatic nitrogens is 2. The molecule has 3 rings (SSSR count). The fraction of sp³-hybridized carbons (Fsp3) is 0.364. The summed E-state index contributed by atoms with van der Waals surface area (Å²) in [6, 6.07) is 8.91. The first-order chi connectivity index (χ1) is 6.90. The molecule has 0 spiro atoms. The molecule has 2 aromatic rings. The van der Waals surface area contributed by atoms with Crippen LogP contribution in [0.15, 0.2) is 24.3 Å². The van der Waals surface area contributed by atoms with E-state index >= 15 is 0 Å². The Hall–Kier alpha value is -1.06. The number of rotatable bonds is 2. The van der Waals surface area contributed by atoms with Crippen LogP contribution in [0.3, 0.4) is 0 Å². The second-order valence-corrected chi connectivity index (χ2v) is 3.82. The van der Waals surface area contributed by atoms with Gasteiger partial charge in [-0.3, -0.25) is 0 Å². The Labute approximate surface area is 94.7 Å². The van der Waals surface area contributed by atoms with Gasteiger partial charge in [0.15, 0.2) is 0 Å². The minimum absolute atomic E-state index is 0. The van der Waals surface area contributed by atoms with Gasteiger partial charge in [0.25, 0.3) is 0 Å². The van der Waals surface area contributed by atoms with Gasteiger partial charge in [-0.05, 0) is 25.0 Å². The molecule has 0 amide bonds. The molecule has 0 bridgehead atoms. The molecule has 0 aliphatic heterocycles. The highest BCUT2D eigenvalue weighted by Gasteiger charge is 2.27. The van der Waals surface area contributed by atoms with E-state index in [1.54, 1.807) is 0 Å². The van der Waals surface area contributed by atoms with Crippen molar-refractivity contribution in [1.82, 2.24) is 9.55 Å². The summed E-state index contributed by atoms with van der Waals surface area (Å²) in [6.07, 6.45) is 2.54. The van der Waals surface area contributed by atoms with Crippen LogP contribution in [-0.2, 0) is 6.54 Å².